The number of aromatic nitrogens is 1. The van der Waals surface area contributed by atoms with Crippen molar-refractivity contribution < 1.29 is 9.47 Å². The summed E-state index contributed by atoms with van der Waals surface area (Å²) in [5, 5.41) is 0. The predicted octanol–water partition coefficient (Wildman–Crippen LogP) is 5.80. The fourth-order valence-corrected chi connectivity index (χ4v) is 3.26. The minimum atomic E-state index is 0.421. The second-order valence-electron chi connectivity index (χ2n) is 7.18. The monoisotopic (exact) mass is 396 g/mol. The molecule has 0 amide bonds. The number of anilines is 1. The zero-order valence-corrected chi connectivity index (χ0v) is 16.9. The van der Waals surface area contributed by atoms with Gasteiger partial charge >= 0.3 is 0 Å². The molecule has 4 nitrogen and oxygen atoms in total. The number of nitrogens with zero attached hydrogens (tertiary/aromatic N) is 1. The molecule has 0 aliphatic rings. The van der Waals surface area contributed by atoms with Gasteiger partial charge in [-0.1, -0.05) is 66.7 Å². The molecule has 4 heteroatoms. The van der Waals surface area contributed by atoms with Crippen LogP contribution in [0.1, 0.15) is 16.7 Å². The highest BCUT2D eigenvalue weighted by atomic mass is 16.5. The van der Waals surface area contributed by atoms with Crippen LogP contribution in [-0.2, 0) is 13.2 Å². The molecule has 0 saturated carbocycles. The lowest BCUT2D eigenvalue weighted by Crippen LogP contribution is -2.02. The molecule has 4 rings (SSSR count). The van der Waals surface area contributed by atoms with E-state index < -0.39 is 0 Å². The van der Waals surface area contributed by atoms with E-state index >= 15 is 0 Å². The van der Waals surface area contributed by atoms with E-state index in [0.717, 1.165) is 27.8 Å². The molecule has 150 valence electrons. The van der Waals surface area contributed by atoms with Gasteiger partial charge in [0, 0.05) is 17.3 Å². The largest absolute Gasteiger partial charge is 0.473 e. The fraction of sp³-hybridized carbons (Fsp3) is 0.115. The molecular weight excluding hydrogens is 372 g/mol. The normalized spacial score (nSPS) is 10.6. The summed E-state index contributed by atoms with van der Waals surface area (Å²) in [6.45, 7) is 2.89. The first kappa shape index (κ1) is 19.5. The lowest BCUT2D eigenvalue weighted by molar-refractivity contribution is 0.268. The van der Waals surface area contributed by atoms with Gasteiger partial charge in [0.2, 0.25) is 11.8 Å². The van der Waals surface area contributed by atoms with Gasteiger partial charge in [-0.05, 0) is 47.4 Å². The van der Waals surface area contributed by atoms with Gasteiger partial charge in [0.05, 0.1) is 0 Å². The highest BCUT2D eigenvalue weighted by Gasteiger charge is 2.12. The summed E-state index contributed by atoms with van der Waals surface area (Å²) in [5.41, 5.74) is 11.9. The number of rotatable bonds is 7. The minimum Gasteiger partial charge on any atom is -0.473 e. The first-order valence-electron chi connectivity index (χ1n) is 9.89. The predicted molar refractivity (Wildman–Crippen MR) is 120 cm³/mol. The van der Waals surface area contributed by atoms with Crippen molar-refractivity contribution in [3.63, 3.8) is 0 Å². The summed E-state index contributed by atoms with van der Waals surface area (Å²) in [6, 6.07) is 29.8. The maximum absolute atomic E-state index is 6.12. The molecule has 0 aliphatic heterocycles. The second-order valence-corrected chi connectivity index (χ2v) is 7.18. The van der Waals surface area contributed by atoms with Crippen LogP contribution in [0.5, 0.6) is 11.8 Å². The van der Waals surface area contributed by atoms with Crippen LogP contribution in [0.3, 0.4) is 0 Å². The standard InChI is InChI=1S/C26H24N2O2/c1-19-14-22(16-23(27)15-19)24-12-13-25(29-17-20-8-4-2-5-9-20)28-26(24)30-18-21-10-6-3-7-11-21/h2-16H,17-18,27H2,1H3. The third-order valence-electron chi connectivity index (χ3n) is 4.69. The SMILES string of the molecule is Cc1cc(N)cc(-c2ccc(OCc3ccccc3)nc2OCc2ccccc2)c1. The number of aryl methyl sites for hydroxylation is 1. The van der Waals surface area contributed by atoms with Gasteiger partial charge in [-0.25, -0.2) is 0 Å². The number of nitrogens with two attached hydrogens (primary N) is 1. The fourth-order valence-electron chi connectivity index (χ4n) is 3.26. The Bertz CT molecular complexity index is 1090. The van der Waals surface area contributed by atoms with Crippen LogP contribution < -0.4 is 15.2 Å². The molecule has 4 aromatic rings. The van der Waals surface area contributed by atoms with Gasteiger partial charge in [-0.3, -0.25) is 0 Å². The Hall–Kier alpha value is -3.79. The maximum atomic E-state index is 6.12. The van der Waals surface area contributed by atoms with E-state index in [9.17, 15) is 0 Å². The number of hydrogen-bond donors (Lipinski definition) is 1. The van der Waals surface area contributed by atoms with Crippen molar-refractivity contribution in [3.05, 3.63) is 108 Å². The van der Waals surface area contributed by atoms with E-state index in [2.05, 4.69) is 11.1 Å². The van der Waals surface area contributed by atoms with Gasteiger partial charge in [0.15, 0.2) is 0 Å². The lowest BCUT2D eigenvalue weighted by atomic mass is 10.0. The zero-order valence-electron chi connectivity index (χ0n) is 16.9. The van der Waals surface area contributed by atoms with Crippen LogP contribution >= 0.6 is 0 Å². The molecule has 0 spiro atoms. The smallest absolute Gasteiger partial charge is 0.225 e. The van der Waals surface area contributed by atoms with Crippen molar-refractivity contribution in [2.45, 2.75) is 20.1 Å². The van der Waals surface area contributed by atoms with Gasteiger partial charge in [-0.15, -0.1) is 0 Å². The molecule has 0 fully saturated rings. The van der Waals surface area contributed by atoms with Crippen molar-refractivity contribution in [1.29, 1.82) is 0 Å². The molecule has 1 heterocycles. The molecule has 0 saturated heterocycles. The highest BCUT2D eigenvalue weighted by Crippen LogP contribution is 2.33. The Morgan fingerprint density at radius 1 is 0.733 bits per heavy atom. The lowest BCUT2D eigenvalue weighted by Gasteiger charge is -2.14. The van der Waals surface area contributed by atoms with E-state index in [1.54, 1.807) is 0 Å². The third kappa shape index (κ3) is 4.97. The first-order chi connectivity index (χ1) is 14.7. The molecule has 1 aromatic heterocycles. The van der Waals surface area contributed by atoms with Crippen molar-refractivity contribution in [3.8, 4) is 22.9 Å². The van der Waals surface area contributed by atoms with Crippen LogP contribution in [0.15, 0.2) is 91.0 Å². The quantitative estimate of drug-likeness (QED) is 0.401. The van der Waals surface area contributed by atoms with E-state index in [1.165, 1.54) is 0 Å². The topological polar surface area (TPSA) is 57.4 Å². The Morgan fingerprint density at radius 2 is 1.37 bits per heavy atom. The number of pyridine rings is 1. The van der Waals surface area contributed by atoms with Crippen LogP contribution in [0.2, 0.25) is 0 Å². The molecular formula is C26H24N2O2. The van der Waals surface area contributed by atoms with Crippen LogP contribution in [0.25, 0.3) is 11.1 Å². The Balaban J connectivity index is 1.62. The maximum Gasteiger partial charge on any atom is 0.225 e. The van der Waals surface area contributed by atoms with E-state index in [-0.39, 0.29) is 0 Å². The first-order valence-corrected chi connectivity index (χ1v) is 9.89. The summed E-state index contributed by atoms with van der Waals surface area (Å²) in [7, 11) is 0. The van der Waals surface area contributed by atoms with Crippen LogP contribution in [0, 0.1) is 6.92 Å². The van der Waals surface area contributed by atoms with E-state index in [1.807, 2.05) is 91.9 Å². The Kier molecular flexibility index (Phi) is 5.95. The molecule has 0 unspecified atom stereocenters. The molecule has 3 aromatic carbocycles. The summed E-state index contributed by atoms with van der Waals surface area (Å²) >= 11 is 0. The van der Waals surface area contributed by atoms with Gasteiger partial charge in [0.1, 0.15) is 13.2 Å². The molecule has 2 N–H and O–H groups in total. The minimum absolute atomic E-state index is 0.421. The summed E-state index contributed by atoms with van der Waals surface area (Å²) in [5.74, 6) is 1.04. The van der Waals surface area contributed by atoms with Crippen molar-refractivity contribution in [2.24, 2.45) is 0 Å². The second kappa shape index (κ2) is 9.14. The van der Waals surface area contributed by atoms with Crippen molar-refractivity contribution >= 4 is 5.69 Å². The van der Waals surface area contributed by atoms with E-state index in [4.69, 9.17) is 15.2 Å². The van der Waals surface area contributed by atoms with Gasteiger partial charge in [0.25, 0.3) is 0 Å². The summed E-state index contributed by atoms with van der Waals surface area (Å²) in [6.07, 6.45) is 0. The number of ether oxygens (including phenoxy) is 2. The molecule has 0 aliphatic carbocycles. The molecule has 0 radical (unpaired) electrons. The number of hydrogen-bond acceptors (Lipinski definition) is 4. The van der Waals surface area contributed by atoms with E-state index in [0.29, 0.717) is 30.7 Å². The number of benzene rings is 3. The van der Waals surface area contributed by atoms with Gasteiger partial charge < -0.3 is 15.2 Å². The molecule has 0 bridgehead atoms. The van der Waals surface area contributed by atoms with Crippen molar-refractivity contribution in [2.75, 3.05) is 5.73 Å². The summed E-state index contributed by atoms with van der Waals surface area (Å²) < 4.78 is 12.0. The molecule has 30 heavy (non-hydrogen) atoms. The highest BCUT2D eigenvalue weighted by molar-refractivity contribution is 5.72. The van der Waals surface area contributed by atoms with Crippen LogP contribution in [0.4, 0.5) is 5.69 Å². The third-order valence-corrected chi connectivity index (χ3v) is 4.69. The van der Waals surface area contributed by atoms with Crippen molar-refractivity contribution in [1.82, 2.24) is 4.98 Å². The summed E-state index contributed by atoms with van der Waals surface area (Å²) in [4.78, 5) is 4.65. The Morgan fingerprint density at radius 3 is 2.00 bits per heavy atom. The average Bonchev–Trinajstić information content (AvgIpc) is 2.77. The molecule has 0 atom stereocenters. The zero-order chi connectivity index (χ0) is 20.8. The van der Waals surface area contributed by atoms with Gasteiger partial charge in [-0.2, -0.15) is 4.98 Å². The van der Waals surface area contributed by atoms with Crippen LogP contribution in [-0.4, -0.2) is 4.98 Å². The average molecular weight is 396 g/mol. The number of nitrogen functional groups attached to an aromatic ring is 1. The Labute approximate surface area is 176 Å².